The second-order valence-electron chi connectivity index (χ2n) is 8.11. The largest absolute Gasteiger partial charge is 0.490 e. The molecule has 0 unspecified atom stereocenters. The summed E-state index contributed by atoms with van der Waals surface area (Å²) in [6.45, 7) is 4.87. The normalized spacial score (nSPS) is 14.4. The first-order valence-electron chi connectivity index (χ1n) is 11.3. The molecule has 8 nitrogen and oxygen atoms in total. The van der Waals surface area contributed by atoms with Gasteiger partial charge in [0.15, 0.2) is 0 Å². The molecule has 2 N–H and O–H groups in total. The Labute approximate surface area is 208 Å². The van der Waals surface area contributed by atoms with Crippen molar-refractivity contribution in [2.45, 2.75) is 19.5 Å². The lowest BCUT2D eigenvalue weighted by Gasteiger charge is -2.29. The van der Waals surface area contributed by atoms with E-state index in [0.29, 0.717) is 44.7 Å². The number of rotatable bonds is 8. The van der Waals surface area contributed by atoms with Crippen molar-refractivity contribution in [2.75, 3.05) is 45.0 Å². The van der Waals surface area contributed by atoms with Crippen molar-refractivity contribution in [3.8, 4) is 0 Å². The number of benzene rings is 2. The summed E-state index contributed by atoms with van der Waals surface area (Å²) in [5.41, 5.74) is 2.65. The highest BCUT2D eigenvalue weighted by atomic mass is 32.2. The maximum absolute atomic E-state index is 13.2. The van der Waals surface area contributed by atoms with Crippen molar-refractivity contribution in [3.05, 3.63) is 71.3 Å². The van der Waals surface area contributed by atoms with Gasteiger partial charge in [-0.05, 0) is 30.5 Å². The van der Waals surface area contributed by atoms with Gasteiger partial charge in [-0.3, -0.25) is 4.79 Å². The molecule has 3 rings (SSSR count). The minimum absolute atomic E-state index is 0.0561. The lowest BCUT2D eigenvalue weighted by Crippen LogP contribution is -2.48. The van der Waals surface area contributed by atoms with Gasteiger partial charge in [-0.2, -0.15) is 17.5 Å². The van der Waals surface area contributed by atoms with Crippen molar-refractivity contribution in [3.63, 3.8) is 0 Å². The zero-order valence-corrected chi connectivity index (χ0v) is 20.7. The van der Waals surface area contributed by atoms with Gasteiger partial charge in [0.2, 0.25) is 10.0 Å². The second kappa shape index (κ2) is 13.4. The van der Waals surface area contributed by atoms with E-state index in [2.05, 4.69) is 5.32 Å². The van der Waals surface area contributed by atoms with Crippen LogP contribution in [0, 0.1) is 6.92 Å². The molecule has 0 saturated carbocycles. The Morgan fingerprint density at radius 1 is 1.00 bits per heavy atom. The van der Waals surface area contributed by atoms with Crippen LogP contribution >= 0.6 is 0 Å². The second-order valence-corrected chi connectivity index (χ2v) is 10.2. The van der Waals surface area contributed by atoms with E-state index < -0.39 is 22.2 Å². The van der Waals surface area contributed by atoms with E-state index in [1.807, 2.05) is 55.5 Å². The molecule has 1 aliphatic rings. The summed E-state index contributed by atoms with van der Waals surface area (Å²) in [6, 6.07) is 17.4. The number of hydrogen-bond acceptors (Lipinski definition) is 5. The maximum atomic E-state index is 13.2. The number of alkyl halides is 3. The molecule has 0 radical (unpaired) electrons. The minimum Gasteiger partial charge on any atom is -0.475 e. The first-order chi connectivity index (χ1) is 16.9. The smallest absolute Gasteiger partial charge is 0.475 e. The zero-order chi connectivity index (χ0) is 26.8. The van der Waals surface area contributed by atoms with Crippen LogP contribution in [-0.4, -0.2) is 85.8 Å². The predicted molar refractivity (Wildman–Crippen MR) is 129 cm³/mol. The van der Waals surface area contributed by atoms with Crippen molar-refractivity contribution >= 4 is 21.9 Å². The number of aryl methyl sites for hydroxylation is 1. The molecule has 1 heterocycles. The molecule has 12 heteroatoms. The van der Waals surface area contributed by atoms with Crippen molar-refractivity contribution in [1.82, 2.24) is 14.5 Å². The van der Waals surface area contributed by atoms with E-state index in [4.69, 9.17) is 9.90 Å². The first-order valence-corrected chi connectivity index (χ1v) is 12.9. The maximum Gasteiger partial charge on any atom is 0.490 e. The van der Waals surface area contributed by atoms with E-state index in [0.717, 1.165) is 11.1 Å². The highest BCUT2D eigenvalue weighted by molar-refractivity contribution is 7.89. The number of halogens is 3. The Hall–Kier alpha value is -2.96. The number of carbonyl (C=O) groups is 2. The lowest BCUT2D eigenvalue weighted by atomic mass is 10.1. The summed E-state index contributed by atoms with van der Waals surface area (Å²) in [6.07, 6.45) is -4.40. The van der Waals surface area contributed by atoms with Gasteiger partial charge >= 0.3 is 12.1 Å². The topological polar surface area (TPSA) is 107 Å². The predicted octanol–water partition coefficient (Wildman–Crippen LogP) is 2.55. The zero-order valence-electron chi connectivity index (χ0n) is 19.9. The van der Waals surface area contributed by atoms with E-state index in [9.17, 15) is 26.4 Å². The third kappa shape index (κ3) is 9.25. The number of nitrogens with one attached hydrogen (secondary N) is 1. The molecule has 0 spiro atoms. The van der Waals surface area contributed by atoms with Gasteiger partial charge in [0.05, 0.1) is 5.75 Å². The summed E-state index contributed by atoms with van der Waals surface area (Å²) >= 11 is 0. The van der Waals surface area contributed by atoms with Crippen LogP contribution in [0.2, 0.25) is 0 Å². The fraction of sp³-hybridized carbons (Fsp3) is 0.417. The van der Waals surface area contributed by atoms with E-state index in [1.54, 1.807) is 11.0 Å². The van der Waals surface area contributed by atoms with Gasteiger partial charge in [-0.15, -0.1) is 0 Å². The van der Waals surface area contributed by atoms with Crippen LogP contribution in [0.3, 0.4) is 0 Å². The van der Waals surface area contributed by atoms with Crippen molar-refractivity contribution in [2.24, 2.45) is 0 Å². The summed E-state index contributed by atoms with van der Waals surface area (Å²) in [4.78, 5) is 23.8. The monoisotopic (exact) mass is 529 g/mol. The fourth-order valence-corrected chi connectivity index (χ4v) is 4.93. The summed E-state index contributed by atoms with van der Waals surface area (Å²) in [5, 5.41) is 10.3. The van der Waals surface area contributed by atoms with E-state index in [-0.39, 0.29) is 18.2 Å². The van der Waals surface area contributed by atoms with E-state index in [1.165, 1.54) is 4.31 Å². The molecule has 198 valence electrons. The van der Waals surface area contributed by atoms with Gasteiger partial charge < -0.3 is 15.3 Å². The van der Waals surface area contributed by atoms with Gasteiger partial charge in [-0.1, -0.05) is 48.5 Å². The fourth-order valence-electron chi connectivity index (χ4n) is 3.48. The standard InChI is InChI=1S/C22H29N3O3S.C2HF3O2/c1-19-7-5-6-10-21(19)22(26)24(14-11-20-8-3-2-4-9-20)17-18-29(27,28)25-15-12-23-13-16-25;3-2(4,5)1(6)7/h2-10,23H,11-18H2,1H3;(H,6,7). The molecule has 1 fully saturated rings. The molecule has 0 bridgehead atoms. The third-order valence-corrected chi connectivity index (χ3v) is 7.36. The Bertz CT molecular complexity index is 1110. The summed E-state index contributed by atoms with van der Waals surface area (Å²) in [7, 11) is -3.39. The van der Waals surface area contributed by atoms with Gasteiger partial charge in [0.25, 0.3) is 5.91 Å². The van der Waals surface area contributed by atoms with E-state index >= 15 is 0 Å². The number of sulfonamides is 1. The Morgan fingerprint density at radius 3 is 2.11 bits per heavy atom. The van der Waals surface area contributed by atoms with Gasteiger partial charge in [0.1, 0.15) is 0 Å². The van der Waals surface area contributed by atoms with Crippen LogP contribution in [0.25, 0.3) is 0 Å². The molecule has 0 aromatic heterocycles. The molecule has 0 atom stereocenters. The Balaban J connectivity index is 0.000000572. The number of amides is 1. The Morgan fingerprint density at radius 2 is 1.56 bits per heavy atom. The highest BCUT2D eigenvalue weighted by Crippen LogP contribution is 2.14. The molecule has 1 amide bonds. The van der Waals surface area contributed by atoms with Crippen molar-refractivity contribution in [1.29, 1.82) is 0 Å². The SMILES string of the molecule is Cc1ccccc1C(=O)N(CCc1ccccc1)CCS(=O)(=O)N1CCNCC1.O=C(O)C(F)(F)F. The number of nitrogens with zero attached hydrogens (tertiary/aromatic N) is 2. The van der Waals surface area contributed by atoms with Crippen LogP contribution < -0.4 is 5.32 Å². The van der Waals surface area contributed by atoms with Crippen molar-refractivity contribution < 1.29 is 36.3 Å². The number of carbonyl (C=O) groups excluding carboxylic acids is 1. The molecule has 0 aliphatic carbocycles. The summed E-state index contributed by atoms with van der Waals surface area (Å²) in [5.74, 6) is -2.93. The van der Waals surface area contributed by atoms with Crippen LogP contribution in [0.15, 0.2) is 54.6 Å². The summed E-state index contributed by atoms with van der Waals surface area (Å²) < 4.78 is 58.8. The average molecular weight is 530 g/mol. The molecule has 36 heavy (non-hydrogen) atoms. The lowest BCUT2D eigenvalue weighted by molar-refractivity contribution is -0.192. The average Bonchev–Trinajstić information content (AvgIpc) is 2.85. The van der Waals surface area contributed by atoms with Crippen LogP contribution in [0.1, 0.15) is 21.5 Å². The number of aliphatic carboxylic acids is 1. The van der Waals surface area contributed by atoms with Gasteiger partial charge in [-0.25, -0.2) is 13.2 Å². The first kappa shape index (κ1) is 29.3. The number of carboxylic acid groups (broad SMARTS) is 1. The highest BCUT2D eigenvalue weighted by Gasteiger charge is 2.38. The van der Waals surface area contributed by atoms with Gasteiger partial charge in [0, 0.05) is 44.8 Å². The quantitative estimate of drug-likeness (QED) is 0.545. The molecule has 1 saturated heterocycles. The number of hydrogen-bond donors (Lipinski definition) is 2. The number of carboxylic acids is 1. The van der Waals surface area contributed by atoms with Crippen LogP contribution in [0.5, 0.6) is 0 Å². The molecule has 2 aromatic carbocycles. The van der Waals surface area contributed by atoms with Crippen LogP contribution in [-0.2, 0) is 21.2 Å². The Kier molecular flexibility index (Phi) is 10.9. The molecule has 1 aliphatic heterocycles. The van der Waals surface area contributed by atoms with Crippen LogP contribution in [0.4, 0.5) is 13.2 Å². The minimum atomic E-state index is -5.08. The molecule has 2 aromatic rings. The molecular formula is C24H30F3N3O5S. The molecular weight excluding hydrogens is 499 g/mol. The number of piperazine rings is 1. The third-order valence-electron chi connectivity index (χ3n) is 5.51.